The van der Waals surface area contributed by atoms with Gasteiger partial charge in [-0.3, -0.25) is 0 Å². The van der Waals surface area contributed by atoms with Crippen LogP contribution in [0, 0.1) is 0 Å². The van der Waals surface area contributed by atoms with Crippen molar-refractivity contribution in [3.8, 4) is 5.75 Å². The number of aromatic nitrogens is 1. The van der Waals surface area contributed by atoms with Crippen LogP contribution < -0.4 is 4.74 Å². The Balaban J connectivity index is 1.81. The molecule has 14 heavy (non-hydrogen) atoms. The predicted octanol–water partition coefficient (Wildman–Crippen LogP) is 1.95. The second-order valence-corrected chi connectivity index (χ2v) is 3.49. The molecule has 1 aliphatic rings. The van der Waals surface area contributed by atoms with Gasteiger partial charge in [-0.1, -0.05) is 0 Å². The molecular weight excluding hydrogens is 178 g/mol. The van der Waals surface area contributed by atoms with Gasteiger partial charge in [-0.05, 0) is 24.3 Å². The molecule has 0 saturated carbocycles. The number of H-pyrrole nitrogens is 1. The lowest BCUT2D eigenvalue weighted by Gasteiger charge is -2.03. The molecule has 0 amide bonds. The Kier molecular flexibility index (Phi) is 1.70. The second-order valence-electron chi connectivity index (χ2n) is 3.49. The zero-order valence-electron chi connectivity index (χ0n) is 7.69. The Morgan fingerprint density at radius 2 is 2.36 bits per heavy atom. The van der Waals surface area contributed by atoms with Gasteiger partial charge in [-0.2, -0.15) is 0 Å². The molecule has 3 heteroatoms. The van der Waals surface area contributed by atoms with Crippen LogP contribution in [0.5, 0.6) is 5.75 Å². The van der Waals surface area contributed by atoms with Crippen LogP contribution in [0.1, 0.15) is 0 Å². The van der Waals surface area contributed by atoms with E-state index in [1.54, 1.807) is 0 Å². The van der Waals surface area contributed by atoms with Gasteiger partial charge in [0.2, 0.25) is 0 Å². The highest BCUT2D eigenvalue weighted by Gasteiger charge is 2.22. The van der Waals surface area contributed by atoms with Crippen LogP contribution in [0.15, 0.2) is 30.5 Å². The molecule has 1 saturated heterocycles. The Hall–Kier alpha value is -1.48. The van der Waals surface area contributed by atoms with Crippen molar-refractivity contribution >= 4 is 10.9 Å². The quantitative estimate of drug-likeness (QED) is 0.749. The number of epoxide rings is 1. The van der Waals surface area contributed by atoms with E-state index in [9.17, 15) is 0 Å². The van der Waals surface area contributed by atoms with Crippen molar-refractivity contribution in [1.29, 1.82) is 0 Å². The summed E-state index contributed by atoms with van der Waals surface area (Å²) < 4.78 is 10.6. The summed E-state index contributed by atoms with van der Waals surface area (Å²) in [7, 11) is 0. The first-order valence-electron chi connectivity index (χ1n) is 4.73. The van der Waals surface area contributed by atoms with E-state index >= 15 is 0 Å². The van der Waals surface area contributed by atoms with Crippen LogP contribution in [-0.4, -0.2) is 24.3 Å². The summed E-state index contributed by atoms with van der Waals surface area (Å²) in [6.45, 7) is 1.50. The number of benzene rings is 1. The van der Waals surface area contributed by atoms with Crippen LogP contribution in [0.4, 0.5) is 0 Å². The van der Waals surface area contributed by atoms with E-state index in [0.717, 1.165) is 17.9 Å². The fraction of sp³-hybridized carbons (Fsp3) is 0.273. The maximum Gasteiger partial charge on any atom is 0.120 e. The smallest absolute Gasteiger partial charge is 0.120 e. The molecule has 1 unspecified atom stereocenters. The minimum Gasteiger partial charge on any atom is -0.491 e. The molecule has 0 spiro atoms. The van der Waals surface area contributed by atoms with Gasteiger partial charge in [-0.25, -0.2) is 0 Å². The summed E-state index contributed by atoms with van der Waals surface area (Å²) in [4.78, 5) is 3.14. The van der Waals surface area contributed by atoms with E-state index in [4.69, 9.17) is 9.47 Å². The van der Waals surface area contributed by atoms with E-state index in [0.29, 0.717) is 12.7 Å². The number of ether oxygens (including phenoxy) is 2. The molecule has 72 valence electrons. The second kappa shape index (κ2) is 3.03. The molecule has 1 aliphatic heterocycles. The Bertz CT molecular complexity index is 445. The predicted molar refractivity (Wildman–Crippen MR) is 53.5 cm³/mol. The van der Waals surface area contributed by atoms with Crippen molar-refractivity contribution in [3.63, 3.8) is 0 Å². The first kappa shape index (κ1) is 7.88. The number of rotatable bonds is 3. The minimum atomic E-state index is 0.317. The fourth-order valence-corrected chi connectivity index (χ4v) is 1.47. The third-order valence-electron chi connectivity index (χ3n) is 2.36. The highest BCUT2D eigenvalue weighted by Crippen LogP contribution is 2.20. The maximum atomic E-state index is 5.57. The average Bonchev–Trinajstić information content (AvgIpc) is 2.92. The van der Waals surface area contributed by atoms with Gasteiger partial charge in [0.05, 0.1) is 6.61 Å². The number of aromatic amines is 1. The molecule has 1 aromatic carbocycles. The summed E-state index contributed by atoms with van der Waals surface area (Å²) in [5.41, 5.74) is 1.14. The van der Waals surface area contributed by atoms with E-state index in [-0.39, 0.29) is 0 Å². The summed E-state index contributed by atoms with van der Waals surface area (Å²) in [5.74, 6) is 0.910. The van der Waals surface area contributed by atoms with Crippen LogP contribution in [0.25, 0.3) is 10.9 Å². The number of fused-ring (bicyclic) bond motifs is 1. The van der Waals surface area contributed by atoms with Crippen molar-refractivity contribution in [2.45, 2.75) is 6.10 Å². The van der Waals surface area contributed by atoms with Gasteiger partial charge in [0.25, 0.3) is 0 Å². The Labute approximate surface area is 81.6 Å². The molecule has 0 aliphatic carbocycles. The summed E-state index contributed by atoms with van der Waals surface area (Å²) in [6, 6.07) is 8.07. The van der Waals surface area contributed by atoms with E-state index < -0.39 is 0 Å². The molecule has 0 radical (unpaired) electrons. The summed E-state index contributed by atoms with van der Waals surface area (Å²) in [6.07, 6.45) is 2.25. The monoisotopic (exact) mass is 189 g/mol. The first-order valence-corrected chi connectivity index (χ1v) is 4.73. The normalized spacial score (nSPS) is 19.9. The highest BCUT2D eigenvalue weighted by atomic mass is 16.6. The zero-order chi connectivity index (χ0) is 9.38. The number of nitrogens with one attached hydrogen (secondary N) is 1. The van der Waals surface area contributed by atoms with Gasteiger partial charge in [-0.15, -0.1) is 0 Å². The highest BCUT2D eigenvalue weighted by molar-refractivity contribution is 5.80. The largest absolute Gasteiger partial charge is 0.491 e. The lowest BCUT2D eigenvalue weighted by Crippen LogP contribution is -2.03. The average molecular weight is 189 g/mol. The topological polar surface area (TPSA) is 37.5 Å². The lowest BCUT2D eigenvalue weighted by molar-refractivity contribution is 0.263. The molecule has 2 aromatic rings. The van der Waals surface area contributed by atoms with Gasteiger partial charge < -0.3 is 14.5 Å². The molecule has 0 bridgehead atoms. The fourth-order valence-electron chi connectivity index (χ4n) is 1.47. The van der Waals surface area contributed by atoms with Crippen molar-refractivity contribution in [2.24, 2.45) is 0 Å². The molecule has 2 heterocycles. The first-order chi connectivity index (χ1) is 6.92. The van der Waals surface area contributed by atoms with Gasteiger partial charge in [0.1, 0.15) is 18.5 Å². The van der Waals surface area contributed by atoms with Gasteiger partial charge in [0, 0.05) is 17.1 Å². The van der Waals surface area contributed by atoms with E-state index in [1.807, 2.05) is 30.5 Å². The Morgan fingerprint density at radius 3 is 3.21 bits per heavy atom. The lowest BCUT2D eigenvalue weighted by atomic mass is 10.2. The summed E-state index contributed by atoms with van der Waals surface area (Å²) in [5, 5.41) is 1.18. The van der Waals surface area contributed by atoms with Gasteiger partial charge in [0.15, 0.2) is 0 Å². The molecule has 1 aromatic heterocycles. The van der Waals surface area contributed by atoms with Crippen molar-refractivity contribution in [2.75, 3.05) is 13.2 Å². The molecular formula is C11H11NO2. The molecule has 1 atom stereocenters. The van der Waals surface area contributed by atoms with Crippen LogP contribution >= 0.6 is 0 Å². The van der Waals surface area contributed by atoms with Gasteiger partial charge >= 0.3 is 0 Å². The standard InChI is InChI=1S/C11H11NO2/c1-2-11-8(3-4-12-11)5-9(1)13-6-10-7-14-10/h1-5,10,12H,6-7H2. The Morgan fingerprint density at radius 1 is 1.43 bits per heavy atom. The van der Waals surface area contributed by atoms with E-state index in [1.165, 1.54) is 5.39 Å². The van der Waals surface area contributed by atoms with Crippen LogP contribution in [-0.2, 0) is 4.74 Å². The zero-order valence-corrected chi connectivity index (χ0v) is 7.69. The minimum absolute atomic E-state index is 0.317. The van der Waals surface area contributed by atoms with Crippen LogP contribution in [0.3, 0.4) is 0 Å². The SMILES string of the molecule is c1cc2cc(OCC3CO3)ccc2[nH]1. The third kappa shape index (κ3) is 1.46. The van der Waals surface area contributed by atoms with E-state index in [2.05, 4.69) is 4.98 Å². The molecule has 1 N–H and O–H groups in total. The molecule has 3 rings (SSSR count). The maximum absolute atomic E-state index is 5.57. The number of hydrogen-bond donors (Lipinski definition) is 1. The van der Waals surface area contributed by atoms with Crippen LogP contribution in [0.2, 0.25) is 0 Å². The third-order valence-corrected chi connectivity index (χ3v) is 2.36. The van der Waals surface area contributed by atoms with Crippen molar-refractivity contribution in [1.82, 2.24) is 4.98 Å². The molecule has 3 nitrogen and oxygen atoms in total. The summed E-state index contributed by atoms with van der Waals surface area (Å²) >= 11 is 0. The molecule has 1 fully saturated rings. The van der Waals surface area contributed by atoms with Crippen molar-refractivity contribution < 1.29 is 9.47 Å². The number of hydrogen-bond acceptors (Lipinski definition) is 2. The van der Waals surface area contributed by atoms with Crippen molar-refractivity contribution in [3.05, 3.63) is 30.5 Å².